The van der Waals surface area contributed by atoms with Crippen molar-refractivity contribution in [2.24, 2.45) is 0 Å². The lowest BCUT2D eigenvalue weighted by molar-refractivity contribution is 0.338. The molecule has 3 rings (SSSR count). The minimum atomic E-state index is 0.503. The van der Waals surface area contributed by atoms with E-state index in [-0.39, 0.29) is 0 Å². The average molecular weight is 322 g/mol. The number of nitrogens with zero attached hydrogens (tertiary/aromatic N) is 3. The van der Waals surface area contributed by atoms with Gasteiger partial charge in [-0.3, -0.25) is 0 Å². The van der Waals surface area contributed by atoms with Crippen molar-refractivity contribution < 1.29 is 9.47 Å². The SMILES string of the molecule is CCOc1cc(Oc2ccccn2)cnc1Nc1cccc(C)n1. The molecule has 0 saturated carbocycles. The molecule has 0 saturated heterocycles. The van der Waals surface area contributed by atoms with Crippen molar-refractivity contribution in [2.75, 3.05) is 11.9 Å². The normalized spacial score (nSPS) is 10.2. The summed E-state index contributed by atoms with van der Waals surface area (Å²) in [6.07, 6.45) is 3.29. The molecular weight excluding hydrogens is 304 g/mol. The molecule has 0 aliphatic rings. The molecule has 0 fully saturated rings. The fourth-order valence-corrected chi connectivity index (χ4v) is 2.10. The summed E-state index contributed by atoms with van der Waals surface area (Å²) in [5.41, 5.74) is 0.924. The van der Waals surface area contributed by atoms with Crippen molar-refractivity contribution in [3.63, 3.8) is 0 Å². The zero-order valence-electron chi connectivity index (χ0n) is 13.6. The van der Waals surface area contributed by atoms with E-state index in [0.29, 0.717) is 35.6 Å². The number of nitrogens with one attached hydrogen (secondary N) is 1. The van der Waals surface area contributed by atoms with Gasteiger partial charge in [0, 0.05) is 24.0 Å². The van der Waals surface area contributed by atoms with E-state index in [1.807, 2.05) is 44.2 Å². The summed E-state index contributed by atoms with van der Waals surface area (Å²) in [6.45, 7) is 4.37. The molecule has 0 atom stereocenters. The van der Waals surface area contributed by atoms with Gasteiger partial charge in [-0.25, -0.2) is 15.0 Å². The van der Waals surface area contributed by atoms with Crippen LogP contribution >= 0.6 is 0 Å². The Hall–Kier alpha value is -3.15. The van der Waals surface area contributed by atoms with Gasteiger partial charge in [0.15, 0.2) is 17.3 Å². The van der Waals surface area contributed by atoms with E-state index in [1.165, 1.54) is 0 Å². The molecule has 6 heteroatoms. The fourth-order valence-electron chi connectivity index (χ4n) is 2.10. The maximum Gasteiger partial charge on any atom is 0.219 e. The first-order valence-corrected chi connectivity index (χ1v) is 7.67. The Morgan fingerprint density at radius 3 is 2.75 bits per heavy atom. The Kier molecular flexibility index (Phi) is 4.86. The summed E-state index contributed by atoms with van der Waals surface area (Å²) in [4.78, 5) is 12.9. The molecule has 3 aromatic rings. The second-order valence-corrected chi connectivity index (χ2v) is 5.01. The summed E-state index contributed by atoms with van der Waals surface area (Å²) in [7, 11) is 0. The number of aromatic nitrogens is 3. The summed E-state index contributed by atoms with van der Waals surface area (Å²) >= 11 is 0. The van der Waals surface area contributed by atoms with Gasteiger partial charge >= 0.3 is 0 Å². The zero-order valence-corrected chi connectivity index (χ0v) is 13.6. The molecule has 24 heavy (non-hydrogen) atoms. The smallest absolute Gasteiger partial charge is 0.219 e. The van der Waals surface area contributed by atoms with Gasteiger partial charge in [-0.15, -0.1) is 0 Å². The number of ether oxygens (including phenoxy) is 2. The maximum absolute atomic E-state index is 5.69. The third-order valence-electron chi connectivity index (χ3n) is 3.12. The van der Waals surface area contributed by atoms with E-state index < -0.39 is 0 Å². The van der Waals surface area contributed by atoms with Crippen molar-refractivity contribution >= 4 is 11.6 Å². The number of rotatable bonds is 6. The fraction of sp³-hybridized carbons (Fsp3) is 0.167. The van der Waals surface area contributed by atoms with E-state index in [0.717, 1.165) is 5.69 Å². The predicted molar refractivity (Wildman–Crippen MR) is 92.0 cm³/mol. The average Bonchev–Trinajstić information content (AvgIpc) is 2.58. The summed E-state index contributed by atoms with van der Waals surface area (Å²) in [5, 5.41) is 3.17. The lowest BCUT2D eigenvalue weighted by atomic mass is 10.3. The molecule has 0 aromatic carbocycles. The van der Waals surface area contributed by atoms with Gasteiger partial charge in [0.25, 0.3) is 0 Å². The van der Waals surface area contributed by atoms with Crippen LogP contribution in [-0.4, -0.2) is 21.6 Å². The molecule has 0 aliphatic carbocycles. The Morgan fingerprint density at radius 1 is 1.08 bits per heavy atom. The molecule has 0 spiro atoms. The maximum atomic E-state index is 5.69. The van der Waals surface area contributed by atoms with Crippen molar-refractivity contribution in [1.82, 2.24) is 15.0 Å². The van der Waals surface area contributed by atoms with Crippen LogP contribution in [0.15, 0.2) is 54.9 Å². The molecular formula is C18H18N4O2. The Balaban J connectivity index is 1.84. The van der Waals surface area contributed by atoms with E-state index in [4.69, 9.17) is 9.47 Å². The minimum absolute atomic E-state index is 0.503. The van der Waals surface area contributed by atoms with Crippen LogP contribution in [0.2, 0.25) is 0 Å². The van der Waals surface area contributed by atoms with E-state index in [2.05, 4.69) is 20.3 Å². The summed E-state index contributed by atoms with van der Waals surface area (Å²) in [5.74, 6) is 2.95. The van der Waals surface area contributed by atoms with Crippen molar-refractivity contribution in [3.05, 3.63) is 60.6 Å². The molecule has 1 N–H and O–H groups in total. The molecule has 6 nitrogen and oxygen atoms in total. The van der Waals surface area contributed by atoms with Gasteiger partial charge in [0.2, 0.25) is 5.88 Å². The Morgan fingerprint density at radius 2 is 2.00 bits per heavy atom. The number of pyridine rings is 3. The van der Waals surface area contributed by atoms with Crippen molar-refractivity contribution in [1.29, 1.82) is 0 Å². The van der Waals surface area contributed by atoms with Gasteiger partial charge in [-0.05, 0) is 32.0 Å². The van der Waals surface area contributed by atoms with E-state index in [9.17, 15) is 0 Å². The van der Waals surface area contributed by atoms with Gasteiger partial charge < -0.3 is 14.8 Å². The van der Waals surface area contributed by atoms with Crippen LogP contribution in [-0.2, 0) is 0 Å². The monoisotopic (exact) mass is 322 g/mol. The lowest BCUT2D eigenvalue weighted by Gasteiger charge is -2.13. The van der Waals surface area contributed by atoms with Crippen molar-refractivity contribution in [2.45, 2.75) is 13.8 Å². The van der Waals surface area contributed by atoms with Crippen LogP contribution < -0.4 is 14.8 Å². The second-order valence-electron chi connectivity index (χ2n) is 5.01. The van der Waals surface area contributed by atoms with Crippen LogP contribution in [0.25, 0.3) is 0 Å². The quantitative estimate of drug-likeness (QED) is 0.736. The molecule has 0 radical (unpaired) electrons. The first-order chi connectivity index (χ1) is 11.7. The van der Waals surface area contributed by atoms with Gasteiger partial charge in [-0.2, -0.15) is 0 Å². The second kappa shape index (κ2) is 7.41. The van der Waals surface area contributed by atoms with Crippen LogP contribution in [0.1, 0.15) is 12.6 Å². The molecule has 0 amide bonds. The Bertz CT molecular complexity index is 809. The lowest BCUT2D eigenvalue weighted by Crippen LogP contribution is -2.02. The highest BCUT2D eigenvalue weighted by Gasteiger charge is 2.10. The van der Waals surface area contributed by atoms with E-state index in [1.54, 1.807) is 24.5 Å². The third-order valence-corrected chi connectivity index (χ3v) is 3.12. The van der Waals surface area contributed by atoms with Gasteiger partial charge in [0.1, 0.15) is 5.82 Å². The molecule has 3 aromatic heterocycles. The standard InChI is InChI=1S/C18H18N4O2/c1-3-23-15-11-14(24-17-9-4-5-10-19-17)12-20-18(15)22-16-8-6-7-13(2)21-16/h4-12H,3H2,1-2H3,(H,20,21,22). The predicted octanol–water partition coefficient (Wildman–Crippen LogP) is 4.11. The first kappa shape index (κ1) is 15.7. The molecule has 0 bridgehead atoms. The van der Waals surface area contributed by atoms with Crippen LogP contribution in [0.4, 0.5) is 11.6 Å². The number of hydrogen-bond donors (Lipinski definition) is 1. The largest absolute Gasteiger partial charge is 0.490 e. The van der Waals surface area contributed by atoms with Crippen LogP contribution in [0.3, 0.4) is 0 Å². The topological polar surface area (TPSA) is 69.2 Å². The third kappa shape index (κ3) is 3.98. The highest BCUT2D eigenvalue weighted by Crippen LogP contribution is 2.30. The molecule has 3 heterocycles. The van der Waals surface area contributed by atoms with Crippen LogP contribution in [0, 0.1) is 6.92 Å². The zero-order chi connectivity index (χ0) is 16.8. The first-order valence-electron chi connectivity index (χ1n) is 7.67. The summed E-state index contributed by atoms with van der Waals surface area (Å²) in [6, 6.07) is 13.0. The van der Waals surface area contributed by atoms with Crippen molar-refractivity contribution in [3.8, 4) is 17.4 Å². The van der Waals surface area contributed by atoms with Gasteiger partial charge in [0.05, 0.1) is 12.8 Å². The van der Waals surface area contributed by atoms with E-state index >= 15 is 0 Å². The number of anilines is 2. The highest BCUT2D eigenvalue weighted by atomic mass is 16.5. The number of aryl methyl sites for hydroxylation is 1. The minimum Gasteiger partial charge on any atom is -0.490 e. The molecule has 122 valence electrons. The van der Waals surface area contributed by atoms with Gasteiger partial charge in [-0.1, -0.05) is 12.1 Å². The molecule has 0 aliphatic heterocycles. The number of hydrogen-bond acceptors (Lipinski definition) is 6. The summed E-state index contributed by atoms with van der Waals surface area (Å²) < 4.78 is 11.4. The highest BCUT2D eigenvalue weighted by molar-refractivity contribution is 5.61. The molecule has 0 unspecified atom stereocenters. The van der Waals surface area contributed by atoms with Crippen LogP contribution in [0.5, 0.6) is 17.4 Å². The Labute approximate surface area is 140 Å².